The van der Waals surface area contributed by atoms with Gasteiger partial charge in [-0.1, -0.05) is 36.4 Å². The minimum Gasteiger partial charge on any atom is -0.496 e. The van der Waals surface area contributed by atoms with Crippen LogP contribution >= 0.6 is 12.2 Å². The van der Waals surface area contributed by atoms with Gasteiger partial charge in [0.25, 0.3) is 0 Å². The number of rotatable bonds is 4. The zero-order valence-electron chi connectivity index (χ0n) is 11.6. The Bertz CT molecular complexity index is 572. The SMILES string of the molecule is COc1ccccc1[C@@H](C)NC(=S)Nc1ccccc1. The first-order valence-electron chi connectivity index (χ1n) is 6.46. The minimum atomic E-state index is 0.0647. The Morgan fingerprint density at radius 1 is 1.05 bits per heavy atom. The first-order valence-corrected chi connectivity index (χ1v) is 6.87. The Labute approximate surface area is 125 Å². The van der Waals surface area contributed by atoms with Gasteiger partial charge < -0.3 is 15.4 Å². The van der Waals surface area contributed by atoms with Crippen LogP contribution in [-0.2, 0) is 0 Å². The summed E-state index contributed by atoms with van der Waals surface area (Å²) in [5, 5.41) is 7.01. The monoisotopic (exact) mass is 286 g/mol. The molecule has 0 spiro atoms. The molecule has 0 aliphatic heterocycles. The number of methoxy groups -OCH3 is 1. The highest BCUT2D eigenvalue weighted by Crippen LogP contribution is 2.24. The lowest BCUT2D eigenvalue weighted by molar-refractivity contribution is 0.405. The summed E-state index contributed by atoms with van der Waals surface area (Å²) in [5.41, 5.74) is 2.05. The van der Waals surface area contributed by atoms with E-state index in [1.54, 1.807) is 7.11 Å². The van der Waals surface area contributed by atoms with Crippen LogP contribution < -0.4 is 15.4 Å². The molecule has 2 N–H and O–H groups in total. The predicted molar refractivity (Wildman–Crippen MR) is 87.2 cm³/mol. The van der Waals surface area contributed by atoms with Crippen LogP contribution in [0.1, 0.15) is 18.5 Å². The van der Waals surface area contributed by atoms with E-state index < -0.39 is 0 Å². The molecule has 1 atom stereocenters. The first kappa shape index (κ1) is 14.3. The summed E-state index contributed by atoms with van der Waals surface area (Å²) in [4.78, 5) is 0. The number of hydrogen-bond acceptors (Lipinski definition) is 2. The molecule has 2 aromatic rings. The van der Waals surface area contributed by atoms with E-state index in [-0.39, 0.29) is 6.04 Å². The fourth-order valence-corrected chi connectivity index (χ4v) is 2.28. The molecule has 0 saturated heterocycles. The molecule has 2 aromatic carbocycles. The normalized spacial score (nSPS) is 11.5. The average molecular weight is 286 g/mol. The van der Waals surface area contributed by atoms with E-state index in [9.17, 15) is 0 Å². The van der Waals surface area contributed by atoms with Crippen molar-refractivity contribution in [2.45, 2.75) is 13.0 Å². The molecule has 0 aromatic heterocycles. The fourth-order valence-electron chi connectivity index (χ4n) is 1.99. The average Bonchev–Trinajstić information content (AvgIpc) is 2.48. The molecular weight excluding hydrogens is 268 g/mol. The summed E-state index contributed by atoms with van der Waals surface area (Å²) in [6, 6.07) is 17.8. The zero-order valence-corrected chi connectivity index (χ0v) is 12.4. The van der Waals surface area contributed by atoms with Gasteiger partial charge in [0.2, 0.25) is 0 Å². The van der Waals surface area contributed by atoms with Crippen LogP contribution in [0, 0.1) is 0 Å². The van der Waals surface area contributed by atoms with Gasteiger partial charge in [0.15, 0.2) is 5.11 Å². The molecule has 4 heteroatoms. The molecular formula is C16H18N2OS. The van der Waals surface area contributed by atoms with Crippen LogP contribution in [0.3, 0.4) is 0 Å². The number of ether oxygens (including phenoxy) is 1. The van der Waals surface area contributed by atoms with Gasteiger partial charge in [0.1, 0.15) is 5.75 Å². The van der Waals surface area contributed by atoms with E-state index in [1.165, 1.54) is 0 Å². The number of benzene rings is 2. The lowest BCUT2D eigenvalue weighted by Crippen LogP contribution is -2.31. The second-order valence-electron chi connectivity index (χ2n) is 4.43. The van der Waals surface area contributed by atoms with Gasteiger partial charge >= 0.3 is 0 Å². The van der Waals surface area contributed by atoms with Gasteiger partial charge in [-0.25, -0.2) is 0 Å². The molecule has 0 bridgehead atoms. The summed E-state index contributed by atoms with van der Waals surface area (Å²) in [6.45, 7) is 2.05. The third-order valence-electron chi connectivity index (χ3n) is 2.98. The standard InChI is InChI=1S/C16H18N2OS/c1-12(14-10-6-7-11-15(14)19-2)17-16(20)18-13-8-4-3-5-9-13/h3-12H,1-2H3,(H2,17,18,20)/t12-/m1/s1. The highest BCUT2D eigenvalue weighted by molar-refractivity contribution is 7.80. The van der Waals surface area contributed by atoms with E-state index in [1.807, 2.05) is 54.6 Å². The molecule has 0 amide bonds. The largest absolute Gasteiger partial charge is 0.496 e. The van der Waals surface area contributed by atoms with Crippen molar-refractivity contribution in [2.24, 2.45) is 0 Å². The van der Waals surface area contributed by atoms with Crippen molar-refractivity contribution in [1.82, 2.24) is 5.32 Å². The number of nitrogens with one attached hydrogen (secondary N) is 2. The molecule has 0 heterocycles. The zero-order chi connectivity index (χ0) is 14.4. The van der Waals surface area contributed by atoms with Crippen molar-refractivity contribution < 1.29 is 4.74 Å². The van der Waals surface area contributed by atoms with Crippen LogP contribution in [0.2, 0.25) is 0 Å². The van der Waals surface area contributed by atoms with Crippen molar-refractivity contribution in [3.63, 3.8) is 0 Å². The summed E-state index contributed by atoms with van der Waals surface area (Å²) < 4.78 is 5.36. The third kappa shape index (κ3) is 3.71. The summed E-state index contributed by atoms with van der Waals surface area (Å²) >= 11 is 5.33. The second kappa shape index (κ2) is 6.91. The molecule has 20 heavy (non-hydrogen) atoms. The van der Waals surface area contributed by atoms with Crippen LogP contribution in [0.25, 0.3) is 0 Å². The van der Waals surface area contributed by atoms with Gasteiger partial charge in [-0.15, -0.1) is 0 Å². The lowest BCUT2D eigenvalue weighted by Gasteiger charge is -2.19. The molecule has 0 aliphatic carbocycles. The number of para-hydroxylation sites is 2. The fraction of sp³-hybridized carbons (Fsp3) is 0.188. The molecule has 0 saturated carbocycles. The van der Waals surface area contributed by atoms with Gasteiger partial charge in [-0.2, -0.15) is 0 Å². The second-order valence-corrected chi connectivity index (χ2v) is 4.84. The molecule has 0 fully saturated rings. The van der Waals surface area contributed by atoms with Crippen molar-refractivity contribution in [3.05, 3.63) is 60.2 Å². The third-order valence-corrected chi connectivity index (χ3v) is 3.20. The van der Waals surface area contributed by atoms with Gasteiger partial charge in [0, 0.05) is 11.3 Å². The Balaban J connectivity index is 2.00. The quantitative estimate of drug-likeness (QED) is 0.839. The van der Waals surface area contributed by atoms with E-state index in [0.717, 1.165) is 17.0 Å². The molecule has 0 radical (unpaired) electrons. The van der Waals surface area contributed by atoms with Gasteiger partial charge in [-0.3, -0.25) is 0 Å². The van der Waals surface area contributed by atoms with Crippen LogP contribution in [0.15, 0.2) is 54.6 Å². The summed E-state index contributed by atoms with van der Waals surface area (Å²) in [7, 11) is 1.67. The maximum Gasteiger partial charge on any atom is 0.171 e. The lowest BCUT2D eigenvalue weighted by atomic mass is 10.1. The van der Waals surface area contributed by atoms with E-state index >= 15 is 0 Å². The topological polar surface area (TPSA) is 33.3 Å². The number of anilines is 1. The number of hydrogen-bond donors (Lipinski definition) is 2. The Morgan fingerprint density at radius 3 is 2.40 bits per heavy atom. The first-order chi connectivity index (χ1) is 9.70. The minimum absolute atomic E-state index is 0.0647. The van der Waals surface area contributed by atoms with Gasteiger partial charge in [0.05, 0.1) is 13.2 Å². The van der Waals surface area contributed by atoms with Crippen molar-refractivity contribution >= 4 is 23.0 Å². The van der Waals surface area contributed by atoms with Crippen LogP contribution in [-0.4, -0.2) is 12.2 Å². The molecule has 104 valence electrons. The van der Waals surface area contributed by atoms with Crippen LogP contribution in [0.4, 0.5) is 5.69 Å². The van der Waals surface area contributed by atoms with E-state index in [2.05, 4.69) is 17.6 Å². The molecule has 0 unspecified atom stereocenters. The Morgan fingerprint density at radius 2 is 1.70 bits per heavy atom. The van der Waals surface area contributed by atoms with Crippen molar-refractivity contribution in [2.75, 3.05) is 12.4 Å². The maximum absolute atomic E-state index is 5.36. The molecule has 0 aliphatic rings. The highest BCUT2D eigenvalue weighted by Gasteiger charge is 2.11. The Kier molecular flexibility index (Phi) is 4.96. The van der Waals surface area contributed by atoms with Crippen LogP contribution in [0.5, 0.6) is 5.75 Å². The smallest absolute Gasteiger partial charge is 0.171 e. The molecule has 3 nitrogen and oxygen atoms in total. The van der Waals surface area contributed by atoms with E-state index in [4.69, 9.17) is 17.0 Å². The van der Waals surface area contributed by atoms with Gasteiger partial charge in [-0.05, 0) is 37.3 Å². The van der Waals surface area contributed by atoms with E-state index in [0.29, 0.717) is 5.11 Å². The molecule has 2 rings (SSSR count). The number of thiocarbonyl (C=S) groups is 1. The maximum atomic E-state index is 5.36. The summed E-state index contributed by atoms with van der Waals surface area (Å²) in [5.74, 6) is 0.856. The predicted octanol–water partition coefficient (Wildman–Crippen LogP) is 3.74. The highest BCUT2D eigenvalue weighted by atomic mass is 32.1. The van der Waals surface area contributed by atoms with Crippen molar-refractivity contribution in [1.29, 1.82) is 0 Å². The van der Waals surface area contributed by atoms with Crippen molar-refractivity contribution in [3.8, 4) is 5.75 Å². The Hall–Kier alpha value is -2.07. The summed E-state index contributed by atoms with van der Waals surface area (Å²) in [6.07, 6.45) is 0.